The van der Waals surface area contributed by atoms with Crippen LogP contribution in [0.1, 0.15) is 48.7 Å². The Bertz CT molecular complexity index is 836. The van der Waals surface area contributed by atoms with E-state index in [2.05, 4.69) is 40.3 Å². The highest BCUT2D eigenvalue weighted by Crippen LogP contribution is 2.52. The van der Waals surface area contributed by atoms with Gasteiger partial charge in [0, 0.05) is 0 Å². The number of hydrogen-bond acceptors (Lipinski definition) is 4. The summed E-state index contributed by atoms with van der Waals surface area (Å²) in [6.07, 6.45) is 3.77. The van der Waals surface area contributed by atoms with E-state index in [1.54, 1.807) is 0 Å². The molecule has 1 spiro atoms. The largest absolute Gasteiger partial charge is 0.420 e. The van der Waals surface area contributed by atoms with Gasteiger partial charge in [0.15, 0.2) is 0 Å². The molecule has 2 heterocycles. The zero-order chi connectivity index (χ0) is 16.7. The van der Waals surface area contributed by atoms with Gasteiger partial charge in [-0.15, -0.1) is 0 Å². The third-order valence-electron chi connectivity index (χ3n) is 5.42. The number of nitrogens with one attached hydrogen (secondary N) is 1. The fraction of sp³-hybridized carbons (Fsp3) is 0.368. The van der Waals surface area contributed by atoms with Crippen molar-refractivity contribution in [1.29, 1.82) is 5.26 Å². The number of hydrogen-bond donors (Lipinski definition) is 2. The molecule has 1 aliphatic carbocycles. The number of imidazole rings is 1. The van der Waals surface area contributed by atoms with Gasteiger partial charge in [-0.1, -0.05) is 30.3 Å². The summed E-state index contributed by atoms with van der Waals surface area (Å²) in [6.45, 7) is 1.90. The standard InChI is InChI=1S/C19H20N4O/c1-12-22-16-18(23-12)24-17(21)15(11-20)19(16)9-7-14(8-10-19)13-5-3-2-4-6-13/h2-6,14H,7-10,21H2,1H3,(H,22,23). The SMILES string of the molecule is Cc1nc2c([nH]1)C1(CCC(c3ccccc3)CC1)C(C#N)=C(N)O2. The zero-order valence-corrected chi connectivity index (χ0v) is 13.7. The highest BCUT2D eigenvalue weighted by molar-refractivity contribution is 5.50. The number of aryl methyl sites for hydroxylation is 1. The normalized spacial score (nSPS) is 25.9. The van der Waals surface area contributed by atoms with Crippen molar-refractivity contribution in [3.05, 3.63) is 58.9 Å². The molecule has 3 N–H and O–H groups in total. The predicted molar refractivity (Wildman–Crippen MR) is 90.1 cm³/mol. The maximum atomic E-state index is 9.69. The van der Waals surface area contributed by atoms with Gasteiger partial charge < -0.3 is 15.5 Å². The van der Waals surface area contributed by atoms with Crippen LogP contribution in [-0.2, 0) is 5.41 Å². The molecule has 1 saturated carbocycles. The number of aromatic nitrogens is 2. The summed E-state index contributed by atoms with van der Waals surface area (Å²) in [7, 11) is 0. The minimum absolute atomic E-state index is 0.203. The Labute approximate surface area is 141 Å². The van der Waals surface area contributed by atoms with E-state index in [-0.39, 0.29) is 11.3 Å². The smallest absolute Gasteiger partial charge is 0.243 e. The molecule has 4 rings (SSSR count). The molecular formula is C19H20N4O. The van der Waals surface area contributed by atoms with E-state index in [4.69, 9.17) is 10.5 Å². The molecule has 0 amide bonds. The number of nitrogens with two attached hydrogens (primary N) is 1. The molecule has 0 atom stereocenters. The van der Waals surface area contributed by atoms with Crippen LogP contribution in [-0.4, -0.2) is 9.97 Å². The van der Waals surface area contributed by atoms with Crippen LogP contribution in [0, 0.1) is 18.3 Å². The van der Waals surface area contributed by atoms with Crippen LogP contribution in [0.2, 0.25) is 0 Å². The van der Waals surface area contributed by atoms with Crippen molar-refractivity contribution < 1.29 is 4.74 Å². The lowest BCUT2D eigenvalue weighted by molar-refractivity contribution is 0.264. The number of rotatable bonds is 1. The van der Waals surface area contributed by atoms with Crippen molar-refractivity contribution in [2.75, 3.05) is 0 Å². The van der Waals surface area contributed by atoms with E-state index >= 15 is 0 Å². The van der Waals surface area contributed by atoms with Crippen molar-refractivity contribution in [2.24, 2.45) is 5.73 Å². The first-order chi connectivity index (χ1) is 11.6. The molecule has 2 aliphatic rings. The van der Waals surface area contributed by atoms with Crippen LogP contribution in [0.15, 0.2) is 41.8 Å². The second-order valence-electron chi connectivity index (χ2n) is 6.72. The minimum atomic E-state index is -0.390. The Hall–Kier alpha value is -2.74. The van der Waals surface area contributed by atoms with Crippen molar-refractivity contribution in [3.8, 4) is 11.9 Å². The fourth-order valence-electron chi connectivity index (χ4n) is 4.22. The third-order valence-corrected chi connectivity index (χ3v) is 5.42. The highest BCUT2D eigenvalue weighted by atomic mass is 16.5. The first-order valence-electron chi connectivity index (χ1n) is 8.34. The summed E-state index contributed by atoms with van der Waals surface area (Å²) >= 11 is 0. The first-order valence-corrected chi connectivity index (χ1v) is 8.34. The van der Waals surface area contributed by atoms with Gasteiger partial charge in [0.05, 0.1) is 11.1 Å². The zero-order valence-electron chi connectivity index (χ0n) is 13.7. The minimum Gasteiger partial charge on any atom is -0.420 e. The van der Waals surface area contributed by atoms with Gasteiger partial charge in [-0.2, -0.15) is 10.2 Å². The van der Waals surface area contributed by atoms with E-state index in [0.717, 1.165) is 37.2 Å². The van der Waals surface area contributed by atoms with Crippen LogP contribution in [0.5, 0.6) is 5.88 Å². The predicted octanol–water partition coefficient (Wildman–Crippen LogP) is 3.40. The van der Waals surface area contributed by atoms with Crippen molar-refractivity contribution in [1.82, 2.24) is 9.97 Å². The molecule has 0 bridgehead atoms. The molecule has 1 fully saturated rings. The maximum Gasteiger partial charge on any atom is 0.243 e. The molecule has 1 aromatic heterocycles. The Balaban J connectivity index is 1.71. The molecule has 0 radical (unpaired) electrons. The summed E-state index contributed by atoms with van der Waals surface area (Å²) in [5, 5.41) is 9.69. The van der Waals surface area contributed by atoms with Gasteiger partial charge in [-0.3, -0.25) is 0 Å². The number of nitriles is 1. The summed E-state index contributed by atoms with van der Waals surface area (Å²) in [5.74, 6) is 2.04. The van der Waals surface area contributed by atoms with Gasteiger partial charge in [-0.05, 0) is 44.1 Å². The number of allylic oxidation sites excluding steroid dienone is 1. The molecule has 1 aromatic carbocycles. The Morgan fingerprint density at radius 2 is 2.00 bits per heavy atom. The summed E-state index contributed by atoms with van der Waals surface area (Å²) in [6, 6.07) is 12.9. The molecule has 5 nitrogen and oxygen atoms in total. The second kappa shape index (κ2) is 5.41. The lowest BCUT2D eigenvalue weighted by Gasteiger charge is -2.41. The van der Waals surface area contributed by atoms with E-state index in [0.29, 0.717) is 17.4 Å². The van der Waals surface area contributed by atoms with E-state index in [9.17, 15) is 5.26 Å². The van der Waals surface area contributed by atoms with Crippen molar-refractivity contribution in [2.45, 2.75) is 43.9 Å². The monoisotopic (exact) mass is 320 g/mol. The van der Waals surface area contributed by atoms with Crippen LogP contribution in [0.3, 0.4) is 0 Å². The second-order valence-corrected chi connectivity index (χ2v) is 6.72. The summed E-state index contributed by atoms with van der Waals surface area (Å²) in [4.78, 5) is 7.72. The van der Waals surface area contributed by atoms with E-state index < -0.39 is 0 Å². The molecular weight excluding hydrogens is 300 g/mol. The van der Waals surface area contributed by atoms with E-state index in [1.165, 1.54) is 5.56 Å². The van der Waals surface area contributed by atoms with Crippen LogP contribution >= 0.6 is 0 Å². The topological polar surface area (TPSA) is 87.7 Å². The lowest BCUT2D eigenvalue weighted by Crippen LogP contribution is -2.39. The Morgan fingerprint density at radius 3 is 2.67 bits per heavy atom. The maximum absolute atomic E-state index is 9.69. The average Bonchev–Trinajstić information content (AvgIpc) is 2.98. The quantitative estimate of drug-likeness (QED) is 0.843. The molecule has 1 aliphatic heterocycles. The lowest BCUT2D eigenvalue weighted by atomic mass is 9.63. The van der Waals surface area contributed by atoms with E-state index in [1.807, 2.05) is 13.0 Å². The highest BCUT2D eigenvalue weighted by Gasteiger charge is 2.48. The molecule has 5 heteroatoms. The molecule has 0 saturated heterocycles. The number of nitrogens with zero attached hydrogens (tertiary/aromatic N) is 2. The fourth-order valence-corrected chi connectivity index (χ4v) is 4.22. The number of benzene rings is 1. The molecule has 2 aromatic rings. The van der Waals surface area contributed by atoms with Gasteiger partial charge in [0.2, 0.25) is 11.8 Å². The van der Waals surface area contributed by atoms with Crippen molar-refractivity contribution in [3.63, 3.8) is 0 Å². The number of aromatic amines is 1. The van der Waals surface area contributed by atoms with Gasteiger partial charge in [0.1, 0.15) is 17.5 Å². The van der Waals surface area contributed by atoms with Gasteiger partial charge >= 0.3 is 0 Å². The summed E-state index contributed by atoms with van der Waals surface area (Å²) < 4.78 is 5.59. The van der Waals surface area contributed by atoms with Crippen LogP contribution in [0.25, 0.3) is 0 Å². The average molecular weight is 320 g/mol. The Kier molecular flexibility index (Phi) is 3.34. The van der Waals surface area contributed by atoms with Crippen LogP contribution in [0.4, 0.5) is 0 Å². The number of ether oxygens (including phenoxy) is 1. The summed E-state index contributed by atoms with van der Waals surface area (Å²) in [5.41, 5.74) is 8.49. The number of H-pyrrole nitrogens is 1. The van der Waals surface area contributed by atoms with Gasteiger partial charge in [0.25, 0.3) is 0 Å². The molecule has 122 valence electrons. The van der Waals surface area contributed by atoms with Gasteiger partial charge in [-0.25, -0.2) is 0 Å². The Morgan fingerprint density at radius 1 is 1.29 bits per heavy atom. The van der Waals surface area contributed by atoms with Crippen LogP contribution < -0.4 is 10.5 Å². The molecule has 0 unspecified atom stereocenters. The molecule has 24 heavy (non-hydrogen) atoms. The number of fused-ring (bicyclic) bond motifs is 2. The van der Waals surface area contributed by atoms with Crippen molar-refractivity contribution >= 4 is 0 Å². The first kappa shape index (κ1) is 14.8. The third kappa shape index (κ3) is 2.10.